The summed E-state index contributed by atoms with van der Waals surface area (Å²) in [5, 5.41) is 12.9. The van der Waals surface area contributed by atoms with E-state index in [1.165, 1.54) is 0 Å². The molecule has 1 fully saturated rings. The predicted molar refractivity (Wildman–Crippen MR) is 50.9 cm³/mol. The normalized spacial score (nSPS) is 32.5. The SMILES string of the molecule is CC1(C)CN[C@H]([C@H](O)C[SiH3])C1. The Hall–Kier alpha value is 0.137. The summed E-state index contributed by atoms with van der Waals surface area (Å²) in [5.41, 5.74) is 0.391. The highest BCUT2D eigenvalue weighted by Gasteiger charge is 2.33. The second kappa shape index (κ2) is 3.25. The van der Waals surface area contributed by atoms with E-state index in [-0.39, 0.29) is 6.10 Å². The first kappa shape index (κ1) is 9.23. The third-order valence-electron chi connectivity index (χ3n) is 2.50. The van der Waals surface area contributed by atoms with Gasteiger partial charge in [0.05, 0.1) is 6.10 Å². The third-order valence-corrected chi connectivity index (χ3v) is 3.33. The molecule has 0 saturated carbocycles. The average Bonchev–Trinajstić information content (AvgIpc) is 2.29. The zero-order chi connectivity index (χ0) is 8.48. The first-order valence-electron chi connectivity index (χ1n) is 4.46. The smallest absolute Gasteiger partial charge is 0.0662 e. The predicted octanol–water partition coefficient (Wildman–Crippen LogP) is -0.481. The van der Waals surface area contributed by atoms with Crippen molar-refractivity contribution < 1.29 is 5.11 Å². The van der Waals surface area contributed by atoms with E-state index in [0.29, 0.717) is 11.5 Å². The minimum atomic E-state index is -0.0940. The Labute approximate surface area is 71.8 Å². The summed E-state index contributed by atoms with van der Waals surface area (Å²) >= 11 is 0. The van der Waals surface area contributed by atoms with E-state index < -0.39 is 0 Å². The van der Waals surface area contributed by atoms with Crippen LogP contribution in [0.3, 0.4) is 0 Å². The molecular formula is C8H19NOSi. The molecule has 0 aliphatic carbocycles. The Morgan fingerprint density at radius 1 is 1.73 bits per heavy atom. The monoisotopic (exact) mass is 173 g/mol. The van der Waals surface area contributed by atoms with Crippen molar-refractivity contribution in [3.8, 4) is 0 Å². The van der Waals surface area contributed by atoms with Gasteiger partial charge in [-0.3, -0.25) is 0 Å². The number of aliphatic hydroxyl groups is 1. The van der Waals surface area contributed by atoms with E-state index in [1.807, 2.05) is 0 Å². The number of hydrogen-bond acceptors (Lipinski definition) is 2. The van der Waals surface area contributed by atoms with Gasteiger partial charge in [-0.25, -0.2) is 0 Å². The minimum absolute atomic E-state index is 0.0940. The van der Waals surface area contributed by atoms with Gasteiger partial charge in [0.2, 0.25) is 0 Å². The molecule has 3 heteroatoms. The summed E-state index contributed by atoms with van der Waals surface area (Å²) in [6.45, 7) is 5.55. The highest BCUT2D eigenvalue weighted by atomic mass is 28.1. The summed E-state index contributed by atoms with van der Waals surface area (Å²) in [7, 11) is 1.10. The molecule has 1 heterocycles. The van der Waals surface area contributed by atoms with Gasteiger partial charge in [-0.15, -0.1) is 0 Å². The fourth-order valence-corrected chi connectivity index (χ4v) is 2.27. The van der Waals surface area contributed by atoms with Crippen LogP contribution in [-0.2, 0) is 0 Å². The Balaban J connectivity index is 2.41. The highest BCUT2D eigenvalue weighted by Crippen LogP contribution is 2.28. The van der Waals surface area contributed by atoms with E-state index in [1.54, 1.807) is 0 Å². The van der Waals surface area contributed by atoms with Crippen LogP contribution in [0.1, 0.15) is 20.3 Å². The van der Waals surface area contributed by atoms with Crippen LogP contribution in [0.4, 0.5) is 0 Å². The van der Waals surface area contributed by atoms with Gasteiger partial charge < -0.3 is 10.4 Å². The Morgan fingerprint density at radius 3 is 2.73 bits per heavy atom. The van der Waals surface area contributed by atoms with Gasteiger partial charge in [0.25, 0.3) is 0 Å². The van der Waals surface area contributed by atoms with Gasteiger partial charge >= 0.3 is 0 Å². The van der Waals surface area contributed by atoms with Crippen molar-refractivity contribution in [2.45, 2.75) is 38.5 Å². The lowest BCUT2D eigenvalue weighted by Crippen LogP contribution is -2.34. The molecule has 66 valence electrons. The Bertz CT molecular complexity index is 138. The standard InChI is InChI=1S/C8H19NOSi/c1-8(2)3-6(9-5-8)7(10)4-11/h6-7,9-10H,3-5H2,1-2,11H3/t6-,7+/m0/s1. The quantitative estimate of drug-likeness (QED) is 0.553. The maximum atomic E-state index is 9.56. The van der Waals surface area contributed by atoms with Crippen LogP contribution in [0.15, 0.2) is 0 Å². The molecule has 0 aromatic rings. The Kier molecular flexibility index (Phi) is 2.73. The first-order valence-corrected chi connectivity index (χ1v) is 5.88. The summed E-state index contributed by atoms with van der Waals surface area (Å²) in [6.07, 6.45) is 1.03. The molecule has 0 radical (unpaired) electrons. The molecule has 11 heavy (non-hydrogen) atoms. The van der Waals surface area contributed by atoms with E-state index in [2.05, 4.69) is 19.2 Å². The van der Waals surface area contributed by atoms with Crippen LogP contribution in [0.5, 0.6) is 0 Å². The maximum absolute atomic E-state index is 9.56. The molecule has 0 amide bonds. The first-order chi connectivity index (χ1) is 5.05. The van der Waals surface area contributed by atoms with Crippen molar-refractivity contribution in [2.75, 3.05) is 6.54 Å². The molecule has 0 aromatic heterocycles. The van der Waals surface area contributed by atoms with Crippen molar-refractivity contribution in [1.29, 1.82) is 0 Å². The zero-order valence-electron chi connectivity index (χ0n) is 7.72. The number of aliphatic hydroxyl groups excluding tert-OH is 1. The molecule has 0 aromatic carbocycles. The Morgan fingerprint density at radius 2 is 2.36 bits per heavy atom. The molecular weight excluding hydrogens is 154 g/mol. The van der Waals surface area contributed by atoms with Gasteiger partial charge in [0.15, 0.2) is 0 Å². The van der Waals surface area contributed by atoms with Crippen LogP contribution in [-0.4, -0.2) is 34.0 Å². The van der Waals surface area contributed by atoms with E-state index >= 15 is 0 Å². The molecule has 2 atom stereocenters. The van der Waals surface area contributed by atoms with Crippen LogP contribution in [0.25, 0.3) is 0 Å². The summed E-state index contributed by atoms with van der Waals surface area (Å²) in [4.78, 5) is 0. The summed E-state index contributed by atoms with van der Waals surface area (Å²) < 4.78 is 0. The topological polar surface area (TPSA) is 32.3 Å². The molecule has 1 saturated heterocycles. The average molecular weight is 173 g/mol. The van der Waals surface area contributed by atoms with Crippen molar-refractivity contribution in [1.82, 2.24) is 5.32 Å². The molecule has 2 N–H and O–H groups in total. The molecule has 0 unspecified atom stereocenters. The largest absolute Gasteiger partial charge is 0.392 e. The number of nitrogens with one attached hydrogen (secondary N) is 1. The molecule has 0 spiro atoms. The summed E-state index contributed by atoms with van der Waals surface area (Å²) in [5.74, 6) is 0. The van der Waals surface area contributed by atoms with Gasteiger partial charge in [-0.2, -0.15) is 0 Å². The van der Waals surface area contributed by atoms with Crippen LogP contribution >= 0.6 is 0 Å². The van der Waals surface area contributed by atoms with Gasteiger partial charge in [0, 0.05) is 22.8 Å². The van der Waals surface area contributed by atoms with Crippen molar-refractivity contribution in [3.05, 3.63) is 0 Å². The van der Waals surface area contributed by atoms with Gasteiger partial charge in [-0.05, 0) is 17.9 Å². The highest BCUT2D eigenvalue weighted by molar-refractivity contribution is 6.08. The zero-order valence-corrected chi connectivity index (χ0v) is 9.72. The minimum Gasteiger partial charge on any atom is -0.392 e. The third kappa shape index (κ3) is 2.29. The van der Waals surface area contributed by atoms with Gasteiger partial charge in [0.1, 0.15) is 0 Å². The van der Waals surface area contributed by atoms with Crippen molar-refractivity contribution in [2.24, 2.45) is 5.41 Å². The second-order valence-electron chi connectivity index (χ2n) is 4.33. The molecule has 1 aliphatic rings. The summed E-state index contributed by atoms with van der Waals surface area (Å²) in [6, 6.07) is 1.36. The van der Waals surface area contributed by atoms with E-state index in [4.69, 9.17) is 0 Å². The molecule has 1 aliphatic heterocycles. The molecule has 0 bridgehead atoms. The van der Waals surface area contributed by atoms with Gasteiger partial charge in [-0.1, -0.05) is 13.8 Å². The maximum Gasteiger partial charge on any atom is 0.0662 e. The lowest BCUT2D eigenvalue weighted by molar-refractivity contribution is 0.150. The van der Waals surface area contributed by atoms with Crippen LogP contribution in [0, 0.1) is 5.41 Å². The second-order valence-corrected chi connectivity index (χ2v) is 5.15. The fraction of sp³-hybridized carbons (Fsp3) is 1.00. The number of rotatable bonds is 2. The lowest BCUT2D eigenvalue weighted by Gasteiger charge is -2.18. The lowest BCUT2D eigenvalue weighted by atomic mass is 9.89. The molecule has 1 rings (SSSR count). The van der Waals surface area contributed by atoms with Crippen molar-refractivity contribution >= 4 is 10.2 Å². The number of hydrogen-bond donors (Lipinski definition) is 2. The van der Waals surface area contributed by atoms with E-state index in [9.17, 15) is 5.11 Å². The van der Waals surface area contributed by atoms with Crippen LogP contribution < -0.4 is 5.32 Å². The molecule has 2 nitrogen and oxygen atoms in total. The van der Waals surface area contributed by atoms with E-state index in [0.717, 1.165) is 29.3 Å². The van der Waals surface area contributed by atoms with Crippen molar-refractivity contribution in [3.63, 3.8) is 0 Å². The fourth-order valence-electron chi connectivity index (χ4n) is 1.70. The van der Waals surface area contributed by atoms with Crippen LogP contribution in [0.2, 0.25) is 6.04 Å².